The minimum atomic E-state index is 0.872. The van der Waals surface area contributed by atoms with Crippen LogP contribution in [-0.2, 0) is 0 Å². The van der Waals surface area contributed by atoms with Gasteiger partial charge in [-0.05, 0) is 180 Å². The molecule has 100 heavy (non-hydrogen) atoms. The number of nitrogens with zero attached hydrogens (tertiary/aromatic N) is 2. The van der Waals surface area contributed by atoms with Gasteiger partial charge in [0.05, 0.1) is 0 Å². The summed E-state index contributed by atoms with van der Waals surface area (Å²) in [6, 6.07) is 142. The second kappa shape index (κ2) is 27.1. The lowest BCUT2D eigenvalue weighted by Gasteiger charge is -2.26. The van der Waals surface area contributed by atoms with Crippen molar-refractivity contribution in [1.82, 2.24) is 0 Å². The van der Waals surface area contributed by atoms with Crippen molar-refractivity contribution in [3.05, 3.63) is 400 Å². The van der Waals surface area contributed by atoms with Crippen LogP contribution in [0.3, 0.4) is 0 Å². The van der Waals surface area contributed by atoms with Crippen LogP contribution in [0.15, 0.2) is 409 Å². The minimum Gasteiger partial charge on any atom is -0.456 e. The molecule has 0 atom stereocenters. The highest BCUT2D eigenvalue weighted by atomic mass is 16.3. The monoisotopic (exact) mass is 1280 g/mol. The van der Waals surface area contributed by atoms with E-state index in [1.165, 1.54) is 89.0 Å². The van der Waals surface area contributed by atoms with E-state index in [1.807, 2.05) is 24.3 Å². The molecule has 0 aliphatic rings. The van der Waals surface area contributed by atoms with Gasteiger partial charge in [-0.25, -0.2) is 0 Å². The van der Waals surface area contributed by atoms with E-state index in [2.05, 4.69) is 386 Å². The third-order valence-corrected chi connectivity index (χ3v) is 19.0. The third kappa shape index (κ3) is 12.3. The van der Waals surface area contributed by atoms with Crippen LogP contribution in [0.5, 0.6) is 0 Å². The van der Waals surface area contributed by atoms with E-state index in [9.17, 15) is 0 Å². The molecular formula is C96H66N2O2. The van der Waals surface area contributed by atoms with Crippen LogP contribution in [0, 0.1) is 0 Å². The predicted octanol–water partition coefficient (Wildman–Crippen LogP) is 27.4. The maximum atomic E-state index is 6.34. The number of hydrogen-bond donors (Lipinski definition) is 0. The van der Waals surface area contributed by atoms with Crippen LogP contribution in [0.1, 0.15) is 0 Å². The van der Waals surface area contributed by atoms with Gasteiger partial charge in [-0.1, -0.05) is 297 Å². The third-order valence-electron chi connectivity index (χ3n) is 19.0. The summed E-state index contributed by atoms with van der Waals surface area (Å²) in [6.45, 7) is 0. The molecule has 0 aliphatic carbocycles. The second-order valence-electron chi connectivity index (χ2n) is 25.2. The quantitative estimate of drug-likeness (QED) is 0.109. The number of rotatable bonds is 14. The second-order valence-corrected chi connectivity index (χ2v) is 25.2. The zero-order valence-corrected chi connectivity index (χ0v) is 54.8. The average molecular weight is 1280 g/mol. The van der Waals surface area contributed by atoms with Gasteiger partial charge >= 0.3 is 0 Å². The smallest absolute Gasteiger partial charge is 0.137 e. The molecule has 4 nitrogen and oxygen atoms in total. The fourth-order valence-corrected chi connectivity index (χ4v) is 13.9. The first-order chi connectivity index (χ1) is 49.5. The number of para-hydroxylation sites is 2. The summed E-state index contributed by atoms with van der Waals surface area (Å²) in [7, 11) is 0. The molecular weight excluding hydrogens is 1210 g/mol. The Kier molecular flexibility index (Phi) is 16.4. The molecule has 472 valence electrons. The Balaban J connectivity index is 0.000000150. The summed E-state index contributed by atoms with van der Waals surface area (Å²) in [5.74, 6) is 0. The number of furan rings is 2. The summed E-state index contributed by atoms with van der Waals surface area (Å²) in [5, 5.41) is 4.49. The van der Waals surface area contributed by atoms with Gasteiger partial charge in [0.15, 0.2) is 0 Å². The summed E-state index contributed by atoms with van der Waals surface area (Å²) in [5.41, 5.74) is 29.1. The van der Waals surface area contributed by atoms with Gasteiger partial charge in [0, 0.05) is 67.8 Å². The van der Waals surface area contributed by atoms with E-state index in [0.29, 0.717) is 0 Å². The van der Waals surface area contributed by atoms with E-state index in [-0.39, 0.29) is 0 Å². The lowest BCUT2D eigenvalue weighted by molar-refractivity contribution is 0.668. The summed E-state index contributed by atoms with van der Waals surface area (Å²) in [4.78, 5) is 4.61. The number of hydrogen-bond acceptors (Lipinski definition) is 4. The molecule has 0 bridgehead atoms. The van der Waals surface area contributed by atoms with Crippen molar-refractivity contribution in [2.24, 2.45) is 0 Å². The molecule has 4 heteroatoms. The lowest BCUT2D eigenvalue weighted by atomic mass is 9.94. The normalized spacial score (nSPS) is 11.2. The van der Waals surface area contributed by atoms with Crippen molar-refractivity contribution in [2.45, 2.75) is 0 Å². The first-order valence-corrected chi connectivity index (χ1v) is 34.0. The molecule has 0 aliphatic heterocycles. The molecule has 0 spiro atoms. The van der Waals surface area contributed by atoms with Crippen LogP contribution >= 0.6 is 0 Å². The fourth-order valence-electron chi connectivity index (χ4n) is 13.9. The van der Waals surface area contributed by atoms with Crippen molar-refractivity contribution in [3.63, 3.8) is 0 Å². The molecule has 0 fully saturated rings. The Morgan fingerprint density at radius 2 is 0.370 bits per heavy atom. The maximum absolute atomic E-state index is 6.34. The zero-order chi connectivity index (χ0) is 66.6. The standard InChI is InChI=1S/2C48H33NO/c1-3-11-34(12-4-1)35-19-21-36(22-20-35)37-23-27-40(28-24-37)49(42-31-32-46-45-17-9-10-18-47(45)50-48(46)33-42)41-29-25-39(26-30-41)44-16-8-7-15-43(44)38-13-5-2-6-14-38;1-3-10-34(11-4-1)36-18-20-37(21-19-36)38-22-26-42(27-23-38)49(44-30-31-46-45-16-7-8-17-47(45)50-48(46)33-44)43-28-24-39(25-29-43)41-15-9-14-40(32-41)35-12-5-2-6-13-35/h2*1-33H. The molecule has 16 aromatic carbocycles. The molecule has 2 heterocycles. The van der Waals surface area contributed by atoms with E-state index < -0.39 is 0 Å². The van der Waals surface area contributed by atoms with Gasteiger partial charge in [-0.3, -0.25) is 0 Å². The highest BCUT2D eigenvalue weighted by Crippen LogP contribution is 2.44. The topological polar surface area (TPSA) is 32.8 Å². The average Bonchev–Trinajstić information content (AvgIpc) is 1.27. The first kappa shape index (κ1) is 60.4. The molecule has 18 rings (SSSR count). The van der Waals surface area contributed by atoms with Crippen LogP contribution in [0.2, 0.25) is 0 Å². The Morgan fingerprint density at radius 1 is 0.140 bits per heavy atom. The fraction of sp³-hybridized carbons (Fsp3) is 0. The molecule has 0 amide bonds. The van der Waals surface area contributed by atoms with Gasteiger partial charge in [0.2, 0.25) is 0 Å². The van der Waals surface area contributed by atoms with E-state index in [4.69, 9.17) is 8.83 Å². The van der Waals surface area contributed by atoms with Gasteiger partial charge in [-0.2, -0.15) is 0 Å². The Morgan fingerprint density at radius 3 is 0.730 bits per heavy atom. The molecule has 0 saturated carbocycles. The van der Waals surface area contributed by atoms with E-state index in [0.717, 1.165) is 78.0 Å². The summed E-state index contributed by atoms with van der Waals surface area (Å²) >= 11 is 0. The van der Waals surface area contributed by atoms with Gasteiger partial charge in [0.25, 0.3) is 0 Å². The molecule has 2 aromatic heterocycles. The number of benzene rings is 16. The molecule has 0 N–H and O–H groups in total. The Labute approximate surface area is 582 Å². The lowest BCUT2D eigenvalue weighted by Crippen LogP contribution is -2.09. The molecule has 0 unspecified atom stereocenters. The molecule has 0 saturated heterocycles. The van der Waals surface area contributed by atoms with Crippen LogP contribution in [-0.4, -0.2) is 0 Å². The molecule has 0 radical (unpaired) electrons. The van der Waals surface area contributed by atoms with Crippen molar-refractivity contribution >= 4 is 78.0 Å². The summed E-state index contributed by atoms with van der Waals surface area (Å²) < 4.78 is 12.7. The number of fused-ring (bicyclic) bond motifs is 6. The molecule has 18 aromatic rings. The number of anilines is 6. The zero-order valence-electron chi connectivity index (χ0n) is 54.8. The van der Waals surface area contributed by atoms with Crippen LogP contribution in [0.4, 0.5) is 34.1 Å². The predicted molar refractivity (Wildman–Crippen MR) is 420 cm³/mol. The maximum Gasteiger partial charge on any atom is 0.137 e. The van der Waals surface area contributed by atoms with Crippen LogP contribution in [0.25, 0.3) is 133 Å². The van der Waals surface area contributed by atoms with Crippen molar-refractivity contribution in [2.75, 3.05) is 9.80 Å². The highest BCUT2D eigenvalue weighted by molar-refractivity contribution is 6.07. The SMILES string of the molecule is c1ccc(-c2ccc(-c3ccc(N(c4ccc(-c5cccc(-c6ccccc6)c5)cc4)c4ccc5c(c4)oc4ccccc45)cc3)cc2)cc1.c1ccc(-c2ccc(-c3ccc(N(c4ccc(-c5ccccc5-c5ccccc5)cc4)c4ccc5c(c4)oc4ccccc45)cc3)cc2)cc1. The van der Waals surface area contributed by atoms with Gasteiger partial charge < -0.3 is 18.6 Å². The van der Waals surface area contributed by atoms with Crippen LogP contribution < -0.4 is 9.80 Å². The van der Waals surface area contributed by atoms with Crippen molar-refractivity contribution < 1.29 is 8.83 Å². The van der Waals surface area contributed by atoms with Crippen molar-refractivity contribution in [3.8, 4) is 89.0 Å². The minimum absolute atomic E-state index is 0.872. The Hall–Kier alpha value is -13.3. The van der Waals surface area contributed by atoms with Gasteiger partial charge in [0.1, 0.15) is 22.3 Å². The van der Waals surface area contributed by atoms with E-state index in [1.54, 1.807) is 0 Å². The van der Waals surface area contributed by atoms with Crippen molar-refractivity contribution in [1.29, 1.82) is 0 Å². The largest absolute Gasteiger partial charge is 0.456 e. The van der Waals surface area contributed by atoms with E-state index >= 15 is 0 Å². The summed E-state index contributed by atoms with van der Waals surface area (Å²) in [6.07, 6.45) is 0. The Bertz CT molecular complexity index is 5830. The highest BCUT2D eigenvalue weighted by Gasteiger charge is 2.20. The van der Waals surface area contributed by atoms with Gasteiger partial charge in [-0.15, -0.1) is 0 Å². The first-order valence-electron chi connectivity index (χ1n) is 34.0.